The summed E-state index contributed by atoms with van der Waals surface area (Å²) < 4.78 is 6.41. The zero-order chi connectivity index (χ0) is 13.4. The van der Waals surface area contributed by atoms with Crippen LogP contribution in [0.3, 0.4) is 0 Å². The van der Waals surface area contributed by atoms with Gasteiger partial charge in [0.05, 0.1) is 6.61 Å². The van der Waals surface area contributed by atoms with Gasteiger partial charge in [0.15, 0.2) is 6.23 Å². The van der Waals surface area contributed by atoms with Crippen molar-refractivity contribution in [2.24, 2.45) is 0 Å². The van der Waals surface area contributed by atoms with E-state index in [0.717, 1.165) is 4.57 Å². The lowest BCUT2D eigenvalue weighted by atomic mass is 10.2. The zero-order valence-electron chi connectivity index (χ0n) is 9.54. The lowest BCUT2D eigenvalue weighted by Gasteiger charge is -2.16. The Labute approximate surface area is 107 Å². The highest BCUT2D eigenvalue weighted by atomic mass is 35.5. The molecule has 0 amide bonds. The number of aliphatic hydroxyl groups is 2. The maximum atomic E-state index is 11.7. The van der Waals surface area contributed by atoms with E-state index in [4.69, 9.17) is 21.4 Å². The number of rotatable bonds is 2. The van der Waals surface area contributed by atoms with Crippen LogP contribution in [0.1, 0.15) is 11.8 Å². The van der Waals surface area contributed by atoms with Crippen molar-refractivity contribution in [1.29, 1.82) is 0 Å². The molecule has 0 bridgehead atoms. The molecule has 0 aromatic carbocycles. The number of hydrogen-bond acceptors (Lipinski definition) is 5. The molecule has 2 heterocycles. The average Bonchev–Trinajstić information content (AvgIpc) is 2.61. The summed E-state index contributed by atoms with van der Waals surface area (Å²) in [6.45, 7) is 1.13. The summed E-state index contributed by atoms with van der Waals surface area (Å²) >= 11 is 5.96. The topological polar surface area (TPSA) is 105 Å². The smallest absolute Gasteiger partial charge is 0.330 e. The lowest BCUT2D eigenvalue weighted by Crippen LogP contribution is -2.36. The average molecular weight is 277 g/mol. The zero-order valence-corrected chi connectivity index (χ0v) is 10.3. The van der Waals surface area contributed by atoms with Crippen molar-refractivity contribution in [3.8, 4) is 0 Å². The first kappa shape index (κ1) is 13.3. The van der Waals surface area contributed by atoms with Gasteiger partial charge in [-0.3, -0.25) is 14.3 Å². The fourth-order valence-electron chi connectivity index (χ4n) is 1.85. The molecule has 1 fully saturated rings. The predicted octanol–water partition coefficient (Wildman–Crippen LogP) is -1.30. The van der Waals surface area contributed by atoms with E-state index in [9.17, 15) is 14.7 Å². The number of aryl methyl sites for hydroxylation is 1. The van der Waals surface area contributed by atoms with Crippen molar-refractivity contribution in [2.75, 3.05) is 6.61 Å². The van der Waals surface area contributed by atoms with Crippen LogP contribution >= 0.6 is 11.6 Å². The largest absolute Gasteiger partial charge is 0.394 e. The second-order valence-electron chi connectivity index (χ2n) is 4.16. The Bertz CT molecular complexity index is 554. The SMILES string of the molecule is Cc1cn([C@@H]2O[C@H](CO)[C@@H](O)[C@@H]2Cl)c(=O)[nH]c1=O. The second kappa shape index (κ2) is 4.85. The van der Waals surface area contributed by atoms with Gasteiger partial charge in [-0.1, -0.05) is 0 Å². The van der Waals surface area contributed by atoms with Gasteiger partial charge in [0.1, 0.15) is 17.6 Å². The number of nitrogens with zero attached hydrogens (tertiary/aromatic N) is 1. The molecule has 1 saturated heterocycles. The Hall–Kier alpha value is -1.15. The monoisotopic (exact) mass is 276 g/mol. The fraction of sp³-hybridized carbons (Fsp3) is 0.600. The molecule has 0 radical (unpaired) electrons. The highest BCUT2D eigenvalue weighted by Crippen LogP contribution is 2.32. The molecule has 100 valence electrons. The summed E-state index contributed by atoms with van der Waals surface area (Å²) in [6.07, 6.45) is -1.55. The van der Waals surface area contributed by atoms with Gasteiger partial charge in [0.2, 0.25) is 0 Å². The molecular formula is C10H13ClN2O5. The number of aliphatic hydroxyl groups excluding tert-OH is 2. The third kappa shape index (κ3) is 2.10. The number of nitrogens with one attached hydrogen (secondary N) is 1. The Balaban J connectivity index is 2.42. The summed E-state index contributed by atoms with van der Waals surface area (Å²) in [7, 11) is 0. The van der Waals surface area contributed by atoms with Crippen LogP contribution < -0.4 is 11.2 Å². The van der Waals surface area contributed by atoms with Gasteiger partial charge >= 0.3 is 5.69 Å². The number of aromatic nitrogens is 2. The summed E-state index contributed by atoms with van der Waals surface area (Å²) in [6, 6.07) is 0. The first-order valence-corrected chi connectivity index (χ1v) is 5.80. The number of hydrogen-bond donors (Lipinski definition) is 3. The molecule has 0 saturated carbocycles. The third-order valence-corrected chi connectivity index (χ3v) is 3.37. The van der Waals surface area contributed by atoms with Crippen LogP contribution in [0.5, 0.6) is 0 Å². The molecule has 8 heteroatoms. The molecule has 0 spiro atoms. The molecule has 1 aromatic heterocycles. The van der Waals surface area contributed by atoms with E-state index in [1.165, 1.54) is 13.1 Å². The van der Waals surface area contributed by atoms with Gasteiger partial charge in [0, 0.05) is 11.8 Å². The van der Waals surface area contributed by atoms with Crippen LogP contribution in [-0.4, -0.2) is 44.0 Å². The molecule has 2 rings (SSSR count). The van der Waals surface area contributed by atoms with Crippen LogP contribution in [0.15, 0.2) is 15.8 Å². The maximum Gasteiger partial charge on any atom is 0.330 e. The normalized spacial score (nSPS) is 31.8. The lowest BCUT2D eigenvalue weighted by molar-refractivity contribution is -0.0458. The molecule has 0 aliphatic carbocycles. The first-order valence-electron chi connectivity index (χ1n) is 5.36. The number of ether oxygens (including phenoxy) is 1. The predicted molar refractivity (Wildman–Crippen MR) is 62.7 cm³/mol. The van der Waals surface area contributed by atoms with E-state index in [1.807, 2.05) is 0 Å². The second-order valence-corrected chi connectivity index (χ2v) is 4.67. The van der Waals surface area contributed by atoms with Gasteiger partial charge in [-0.25, -0.2) is 4.79 Å². The summed E-state index contributed by atoms with van der Waals surface area (Å²) in [5.74, 6) is 0. The van der Waals surface area contributed by atoms with Crippen LogP contribution in [-0.2, 0) is 4.74 Å². The first-order chi connectivity index (χ1) is 8.45. The number of alkyl halides is 1. The minimum atomic E-state index is -1.08. The fourth-order valence-corrected chi connectivity index (χ4v) is 2.20. The van der Waals surface area contributed by atoms with Gasteiger partial charge in [-0.2, -0.15) is 0 Å². The molecule has 1 aromatic rings. The van der Waals surface area contributed by atoms with E-state index in [2.05, 4.69) is 4.98 Å². The maximum absolute atomic E-state index is 11.7. The Morgan fingerprint density at radius 1 is 1.56 bits per heavy atom. The van der Waals surface area contributed by atoms with Crippen LogP contribution in [0.25, 0.3) is 0 Å². The molecular weight excluding hydrogens is 264 g/mol. The number of halogens is 1. The molecule has 0 unspecified atom stereocenters. The quantitative estimate of drug-likeness (QED) is 0.583. The summed E-state index contributed by atoms with van der Waals surface area (Å²) in [4.78, 5) is 25.0. The molecule has 1 aliphatic rings. The Morgan fingerprint density at radius 2 is 2.22 bits per heavy atom. The van der Waals surface area contributed by atoms with Crippen molar-refractivity contribution >= 4 is 11.6 Å². The molecule has 3 N–H and O–H groups in total. The van der Waals surface area contributed by atoms with Crippen molar-refractivity contribution in [2.45, 2.75) is 30.7 Å². The third-order valence-electron chi connectivity index (χ3n) is 2.89. The van der Waals surface area contributed by atoms with Gasteiger partial charge in [0.25, 0.3) is 5.56 Å². The van der Waals surface area contributed by atoms with Crippen molar-refractivity contribution in [3.05, 3.63) is 32.6 Å². The van der Waals surface area contributed by atoms with E-state index < -0.39 is 41.7 Å². The highest BCUT2D eigenvalue weighted by molar-refractivity contribution is 6.21. The van der Waals surface area contributed by atoms with E-state index >= 15 is 0 Å². The van der Waals surface area contributed by atoms with E-state index in [1.54, 1.807) is 0 Å². The van der Waals surface area contributed by atoms with Crippen molar-refractivity contribution < 1.29 is 14.9 Å². The molecule has 18 heavy (non-hydrogen) atoms. The standard InChI is InChI=1S/C10H13ClN2O5/c1-4-2-13(10(17)12-8(4)16)9-6(11)7(15)5(3-14)18-9/h2,5-7,9,14-15H,3H2,1H3,(H,12,16,17)/t5-,6+,7-,9-/m1/s1. The number of aromatic amines is 1. The minimum Gasteiger partial charge on any atom is -0.394 e. The Morgan fingerprint density at radius 3 is 2.78 bits per heavy atom. The molecule has 4 atom stereocenters. The van der Waals surface area contributed by atoms with Crippen LogP contribution in [0.4, 0.5) is 0 Å². The van der Waals surface area contributed by atoms with Crippen molar-refractivity contribution in [1.82, 2.24) is 9.55 Å². The summed E-state index contributed by atoms with van der Waals surface area (Å²) in [5, 5.41) is 17.8. The van der Waals surface area contributed by atoms with E-state index in [0.29, 0.717) is 5.56 Å². The Kier molecular flexibility index (Phi) is 3.58. The van der Waals surface area contributed by atoms with Crippen molar-refractivity contribution in [3.63, 3.8) is 0 Å². The highest BCUT2D eigenvalue weighted by Gasteiger charge is 2.43. The van der Waals surface area contributed by atoms with Crippen LogP contribution in [0.2, 0.25) is 0 Å². The summed E-state index contributed by atoms with van der Waals surface area (Å²) in [5.41, 5.74) is -0.837. The van der Waals surface area contributed by atoms with Gasteiger partial charge in [-0.05, 0) is 6.92 Å². The van der Waals surface area contributed by atoms with E-state index in [-0.39, 0.29) is 0 Å². The van der Waals surface area contributed by atoms with Crippen LogP contribution in [0, 0.1) is 6.92 Å². The van der Waals surface area contributed by atoms with Gasteiger partial charge in [-0.15, -0.1) is 11.6 Å². The number of H-pyrrole nitrogens is 1. The van der Waals surface area contributed by atoms with Gasteiger partial charge < -0.3 is 14.9 Å². The minimum absolute atomic E-state index is 0.323. The molecule has 7 nitrogen and oxygen atoms in total. The molecule has 1 aliphatic heterocycles.